The molecule has 1 N–H and O–H groups in total. The molecule has 7 heteroatoms. The Balaban J connectivity index is 1.28. The number of aromatic nitrogens is 3. The maximum absolute atomic E-state index is 13.2. The van der Waals surface area contributed by atoms with Crippen molar-refractivity contribution in [2.75, 3.05) is 26.2 Å². The van der Waals surface area contributed by atoms with Crippen LogP contribution >= 0.6 is 0 Å². The molecular weight excluding hydrogens is 369 g/mol. The number of benzene rings is 1. The SMILES string of the molecule is O=C(NCCCCCN1CCCCC1)c1nnn(-c2ccc(F)cc2)c1C1CC1. The predicted molar refractivity (Wildman–Crippen MR) is 110 cm³/mol. The van der Waals surface area contributed by atoms with E-state index in [1.54, 1.807) is 16.8 Å². The minimum absolute atomic E-state index is 0.156. The van der Waals surface area contributed by atoms with Crippen molar-refractivity contribution >= 4 is 5.91 Å². The van der Waals surface area contributed by atoms with E-state index >= 15 is 0 Å². The highest BCUT2D eigenvalue weighted by Crippen LogP contribution is 2.41. The first-order chi connectivity index (χ1) is 14.2. The predicted octanol–water partition coefficient (Wildman–Crippen LogP) is 3.67. The molecule has 1 saturated heterocycles. The molecule has 1 amide bonds. The Kier molecular flexibility index (Phi) is 6.54. The normalized spacial score (nSPS) is 17.4. The monoisotopic (exact) mass is 399 g/mol. The number of carbonyl (C=O) groups is 1. The van der Waals surface area contributed by atoms with Gasteiger partial charge in [0.15, 0.2) is 5.69 Å². The number of likely N-dealkylation sites (tertiary alicyclic amines) is 1. The van der Waals surface area contributed by atoms with Crippen LogP contribution in [-0.2, 0) is 0 Å². The summed E-state index contributed by atoms with van der Waals surface area (Å²) in [6.07, 6.45) is 9.38. The van der Waals surface area contributed by atoms with Gasteiger partial charge in [0.05, 0.1) is 11.4 Å². The number of unbranched alkanes of at least 4 members (excludes halogenated alkanes) is 2. The van der Waals surface area contributed by atoms with E-state index in [2.05, 4.69) is 20.5 Å². The van der Waals surface area contributed by atoms with E-state index in [-0.39, 0.29) is 11.7 Å². The van der Waals surface area contributed by atoms with Gasteiger partial charge in [-0.25, -0.2) is 9.07 Å². The molecule has 1 aromatic carbocycles. The second-order valence-corrected chi connectivity index (χ2v) is 8.20. The Morgan fingerprint density at radius 2 is 1.83 bits per heavy atom. The van der Waals surface area contributed by atoms with Crippen LogP contribution in [0.5, 0.6) is 0 Å². The van der Waals surface area contributed by atoms with Gasteiger partial charge in [-0.05, 0) is 82.4 Å². The number of piperidine rings is 1. The van der Waals surface area contributed by atoms with E-state index in [0.29, 0.717) is 18.2 Å². The van der Waals surface area contributed by atoms with Gasteiger partial charge in [-0.15, -0.1) is 5.10 Å². The summed E-state index contributed by atoms with van der Waals surface area (Å²) in [5.41, 5.74) is 1.99. The van der Waals surface area contributed by atoms with E-state index in [1.165, 1.54) is 57.5 Å². The molecule has 156 valence electrons. The maximum atomic E-state index is 13.2. The molecule has 2 heterocycles. The second kappa shape index (κ2) is 9.48. The number of hydrogen-bond acceptors (Lipinski definition) is 4. The molecule has 0 atom stereocenters. The van der Waals surface area contributed by atoms with Crippen molar-refractivity contribution < 1.29 is 9.18 Å². The summed E-state index contributed by atoms with van der Waals surface area (Å²) < 4.78 is 14.9. The van der Waals surface area contributed by atoms with Gasteiger partial charge >= 0.3 is 0 Å². The number of hydrogen-bond donors (Lipinski definition) is 1. The number of halogens is 1. The first kappa shape index (κ1) is 20.0. The molecule has 6 nitrogen and oxygen atoms in total. The zero-order valence-corrected chi connectivity index (χ0v) is 16.9. The average molecular weight is 400 g/mol. The fourth-order valence-electron chi connectivity index (χ4n) is 4.05. The molecular formula is C22H30FN5O. The molecule has 2 aromatic rings. The molecule has 4 rings (SSSR count). The molecule has 29 heavy (non-hydrogen) atoms. The Morgan fingerprint density at radius 3 is 2.55 bits per heavy atom. The fourth-order valence-corrected chi connectivity index (χ4v) is 4.05. The Bertz CT molecular complexity index is 809. The second-order valence-electron chi connectivity index (χ2n) is 8.20. The third kappa shape index (κ3) is 5.21. The first-order valence-corrected chi connectivity index (χ1v) is 10.9. The van der Waals surface area contributed by atoms with Crippen LogP contribution in [0.1, 0.15) is 73.5 Å². The quantitative estimate of drug-likeness (QED) is 0.654. The van der Waals surface area contributed by atoms with Gasteiger partial charge in [-0.1, -0.05) is 18.1 Å². The Labute approximate surface area is 171 Å². The fraction of sp³-hybridized carbons (Fsp3) is 0.591. The standard InChI is InChI=1S/C22H30FN5O/c23-18-9-11-19(12-10-18)28-21(17-7-8-17)20(25-26-28)22(29)24-13-3-1-4-14-27-15-5-2-6-16-27/h9-12,17H,1-8,13-16H2,(H,24,29). The molecule has 2 aliphatic rings. The van der Waals surface area contributed by atoms with Gasteiger partial charge in [0, 0.05) is 12.5 Å². The molecule has 1 aliphatic carbocycles. The lowest BCUT2D eigenvalue weighted by atomic mass is 10.1. The minimum atomic E-state index is -0.292. The van der Waals surface area contributed by atoms with E-state index in [0.717, 1.165) is 37.1 Å². The van der Waals surface area contributed by atoms with Crippen LogP contribution in [0.3, 0.4) is 0 Å². The largest absolute Gasteiger partial charge is 0.351 e. The van der Waals surface area contributed by atoms with Crippen molar-refractivity contribution in [3.05, 3.63) is 41.5 Å². The maximum Gasteiger partial charge on any atom is 0.273 e. The summed E-state index contributed by atoms with van der Waals surface area (Å²) in [6, 6.07) is 6.13. The van der Waals surface area contributed by atoms with E-state index < -0.39 is 0 Å². The number of carbonyl (C=O) groups excluding carboxylic acids is 1. The van der Waals surface area contributed by atoms with Crippen LogP contribution in [0.2, 0.25) is 0 Å². The van der Waals surface area contributed by atoms with Crippen molar-refractivity contribution in [3.63, 3.8) is 0 Å². The van der Waals surface area contributed by atoms with Gasteiger partial charge in [0.1, 0.15) is 5.82 Å². The highest BCUT2D eigenvalue weighted by atomic mass is 19.1. The summed E-state index contributed by atoms with van der Waals surface area (Å²) in [6.45, 7) is 4.31. The van der Waals surface area contributed by atoms with Gasteiger partial charge in [0.2, 0.25) is 0 Å². The number of amides is 1. The highest BCUT2D eigenvalue weighted by Gasteiger charge is 2.34. The number of nitrogens with zero attached hydrogens (tertiary/aromatic N) is 4. The molecule has 1 aliphatic heterocycles. The summed E-state index contributed by atoms with van der Waals surface area (Å²) in [7, 11) is 0. The zero-order valence-electron chi connectivity index (χ0n) is 16.9. The van der Waals surface area contributed by atoms with E-state index in [4.69, 9.17) is 0 Å². The van der Waals surface area contributed by atoms with Crippen LogP contribution in [0.25, 0.3) is 5.69 Å². The van der Waals surface area contributed by atoms with Crippen molar-refractivity contribution in [1.29, 1.82) is 0 Å². The van der Waals surface area contributed by atoms with Gasteiger partial charge in [0.25, 0.3) is 5.91 Å². The highest BCUT2D eigenvalue weighted by molar-refractivity contribution is 5.93. The Morgan fingerprint density at radius 1 is 1.07 bits per heavy atom. The number of rotatable bonds is 9. The lowest BCUT2D eigenvalue weighted by molar-refractivity contribution is 0.0946. The smallest absolute Gasteiger partial charge is 0.273 e. The molecule has 0 radical (unpaired) electrons. The van der Waals surface area contributed by atoms with Crippen LogP contribution in [-0.4, -0.2) is 52.0 Å². The first-order valence-electron chi connectivity index (χ1n) is 10.9. The van der Waals surface area contributed by atoms with Crippen LogP contribution in [0.4, 0.5) is 4.39 Å². The van der Waals surface area contributed by atoms with Gasteiger partial charge in [-0.3, -0.25) is 4.79 Å². The molecule has 1 aromatic heterocycles. The third-order valence-electron chi connectivity index (χ3n) is 5.84. The Hall–Kier alpha value is -2.28. The van der Waals surface area contributed by atoms with Crippen molar-refractivity contribution in [1.82, 2.24) is 25.2 Å². The van der Waals surface area contributed by atoms with E-state index in [1.807, 2.05) is 0 Å². The lowest BCUT2D eigenvalue weighted by Gasteiger charge is -2.26. The summed E-state index contributed by atoms with van der Waals surface area (Å²) in [4.78, 5) is 15.2. The van der Waals surface area contributed by atoms with Crippen LogP contribution in [0, 0.1) is 5.82 Å². The van der Waals surface area contributed by atoms with Gasteiger partial charge < -0.3 is 10.2 Å². The van der Waals surface area contributed by atoms with Crippen molar-refractivity contribution in [2.45, 2.75) is 57.3 Å². The van der Waals surface area contributed by atoms with Crippen LogP contribution < -0.4 is 5.32 Å². The summed E-state index contributed by atoms with van der Waals surface area (Å²) >= 11 is 0. The van der Waals surface area contributed by atoms with Crippen molar-refractivity contribution in [3.8, 4) is 5.69 Å². The molecule has 0 bridgehead atoms. The zero-order chi connectivity index (χ0) is 20.1. The van der Waals surface area contributed by atoms with E-state index in [9.17, 15) is 9.18 Å². The third-order valence-corrected chi connectivity index (χ3v) is 5.84. The summed E-state index contributed by atoms with van der Waals surface area (Å²) in [5, 5.41) is 11.3. The lowest BCUT2D eigenvalue weighted by Crippen LogP contribution is -2.30. The van der Waals surface area contributed by atoms with Crippen molar-refractivity contribution in [2.24, 2.45) is 0 Å². The van der Waals surface area contributed by atoms with Gasteiger partial charge in [-0.2, -0.15) is 0 Å². The molecule has 2 fully saturated rings. The summed E-state index contributed by atoms with van der Waals surface area (Å²) in [5.74, 6) is -0.142. The molecule has 0 spiro atoms. The minimum Gasteiger partial charge on any atom is -0.351 e. The topological polar surface area (TPSA) is 63.1 Å². The van der Waals surface area contributed by atoms with Crippen LogP contribution in [0.15, 0.2) is 24.3 Å². The molecule has 1 saturated carbocycles. The number of nitrogens with one attached hydrogen (secondary N) is 1. The average Bonchev–Trinajstić information content (AvgIpc) is 3.49. The molecule has 0 unspecified atom stereocenters.